The molecular formula is C60H40N4. The fourth-order valence-corrected chi connectivity index (χ4v) is 9.43. The highest BCUT2D eigenvalue weighted by Gasteiger charge is 2.20. The van der Waals surface area contributed by atoms with Gasteiger partial charge in [-0.3, -0.25) is 0 Å². The van der Waals surface area contributed by atoms with Crippen LogP contribution in [0.5, 0.6) is 0 Å². The number of aromatic nitrogens is 2. The normalized spacial score (nSPS) is 11.3. The van der Waals surface area contributed by atoms with Gasteiger partial charge in [-0.2, -0.15) is 0 Å². The van der Waals surface area contributed by atoms with Crippen molar-refractivity contribution in [1.82, 2.24) is 9.13 Å². The van der Waals surface area contributed by atoms with Crippen LogP contribution in [0.1, 0.15) is 0 Å². The number of para-hydroxylation sites is 5. The Balaban J connectivity index is 0.902. The quantitative estimate of drug-likeness (QED) is 0.144. The third-order valence-corrected chi connectivity index (χ3v) is 12.3. The number of hydrogen-bond donors (Lipinski definition) is 0. The molecule has 64 heavy (non-hydrogen) atoms. The van der Waals surface area contributed by atoms with Crippen LogP contribution in [0.2, 0.25) is 0 Å². The lowest BCUT2D eigenvalue weighted by atomic mass is 10.0. The third-order valence-electron chi connectivity index (χ3n) is 12.3. The maximum Gasteiger partial charge on any atom is 0.0631 e. The standard InChI is InChI=1S/C60H40N4/c1-5-17-45(18-6-1)61(51-37-39-59-55(41-51)53-25-13-15-27-57(53)63(59)47-21-9-3-10-22-47)49-33-29-43(30-34-49)44-31-35-50(36-32-44)62(46-19-7-2-8-20-46)52-38-40-60-56(42-52)54-26-14-16-28-58(54)64(60)48-23-11-4-12-24-48/h1-13,15-25,27-42H. The second-order valence-corrected chi connectivity index (χ2v) is 16.1. The summed E-state index contributed by atoms with van der Waals surface area (Å²) in [7, 11) is 0. The van der Waals surface area contributed by atoms with Crippen molar-refractivity contribution >= 4 is 77.7 Å². The van der Waals surface area contributed by atoms with Crippen LogP contribution in [0.15, 0.2) is 243 Å². The molecule has 0 fully saturated rings. The van der Waals surface area contributed by atoms with Crippen molar-refractivity contribution in [2.45, 2.75) is 0 Å². The minimum absolute atomic E-state index is 1.05. The van der Waals surface area contributed by atoms with Gasteiger partial charge >= 0.3 is 0 Å². The highest BCUT2D eigenvalue weighted by molar-refractivity contribution is 6.11. The molecule has 0 unspecified atom stereocenters. The Bertz CT molecular complexity index is 3330. The lowest BCUT2D eigenvalue weighted by Crippen LogP contribution is -2.10. The Kier molecular flexibility index (Phi) is 9.02. The summed E-state index contributed by atoms with van der Waals surface area (Å²) in [6.07, 6.45) is 0. The molecule has 0 spiro atoms. The molecule has 4 heteroatoms. The fraction of sp³-hybridized carbons (Fsp3) is 0. The molecule has 300 valence electrons. The van der Waals surface area contributed by atoms with Gasteiger partial charge in [0, 0.05) is 61.7 Å². The maximum atomic E-state index is 3.44. The summed E-state index contributed by atoms with van der Waals surface area (Å²) in [5.41, 5.74) is 15.7. The van der Waals surface area contributed by atoms with Crippen molar-refractivity contribution in [2.24, 2.45) is 0 Å². The largest absolute Gasteiger partial charge is 0.310 e. The molecule has 0 N–H and O–H groups in total. The summed E-state index contributed by atoms with van der Waals surface area (Å²) in [5.74, 6) is 0. The Hall–Kier alpha value is -8.78. The summed E-state index contributed by atoms with van der Waals surface area (Å²) in [6.45, 7) is 0. The van der Waals surface area contributed by atoms with Gasteiger partial charge in [-0.05, 0) is 139 Å². The number of rotatable bonds is 9. The predicted octanol–water partition coefficient (Wildman–Crippen LogP) is 16.1. The van der Waals surface area contributed by atoms with Gasteiger partial charge in [0.25, 0.3) is 0 Å². The molecule has 10 aromatic carbocycles. The van der Waals surface area contributed by atoms with E-state index in [1.54, 1.807) is 0 Å². The minimum Gasteiger partial charge on any atom is -0.310 e. The number of fused-ring (bicyclic) bond motifs is 6. The molecule has 0 aliphatic carbocycles. The van der Waals surface area contributed by atoms with E-state index < -0.39 is 0 Å². The van der Waals surface area contributed by atoms with Gasteiger partial charge < -0.3 is 18.9 Å². The first kappa shape index (κ1) is 37.0. The zero-order chi connectivity index (χ0) is 42.4. The first-order valence-electron chi connectivity index (χ1n) is 21.7. The van der Waals surface area contributed by atoms with Crippen LogP contribution in [0, 0.1) is 12.1 Å². The molecule has 0 aliphatic heterocycles. The zero-order valence-corrected chi connectivity index (χ0v) is 34.9. The highest BCUT2D eigenvalue weighted by Crippen LogP contribution is 2.42. The monoisotopic (exact) mass is 816 g/mol. The van der Waals surface area contributed by atoms with Gasteiger partial charge in [0.1, 0.15) is 0 Å². The molecule has 2 aromatic heterocycles. The summed E-state index contributed by atoms with van der Waals surface area (Å²) >= 11 is 0. The van der Waals surface area contributed by atoms with E-state index in [9.17, 15) is 0 Å². The second-order valence-electron chi connectivity index (χ2n) is 16.1. The van der Waals surface area contributed by atoms with Crippen molar-refractivity contribution in [1.29, 1.82) is 0 Å². The van der Waals surface area contributed by atoms with E-state index >= 15 is 0 Å². The van der Waals surface area contributed by atoms with Crippen molar-refractivity contribution in [3.63, 3.8) is 0 Å². The lowest BCUT2D eigenvalue weighted by molar-refractivity contribution is 1.18. The van der Waals surface area contributed by atoms with Crippen LogP contribution >= 0.6 is 0 Å². The van der Waals surface area contributed by atoms with Gasteiger partial charge in [0.15, 0.2) is 0 Å². The first-order valence-corrected chi connectivity index (χ1v) is 21.7. The molecule has 2 heterocycles. The number of benzene rings is 9. The molecular weight excluding hydrogens is 777 g/mol. The van der Waals surface area contributed by atoms with Crippen molar-refractivity contribution in [2.75, 3.05) is 9.80 Å². The average Bonchev–Trinajstić information content (AvgIpc) is 3.88. The van der Waals surface area contributed by atoms with Crippen molar-refractivity contribution in [3.8, 4) is 22.5 Å². The minimum atomic E-state index is 1.05. The molecule has 0 atom stereocenters. The molecule has 0 amide bonds. The highest BCUT2D eigenvalue weighted by atomic mass is 15.1. The third kappa shape index (κ3) is 6.35. The molecule has 0 saturated carbocycles. The second kappa shape index (κ2) is 15.6. The van der Waals surface area contributed by atoms with Crippen molar-refractivity contribution in [3.05, 3.63) is 255 Å². The van der Waals surface area contributed by atoms with E-state index in [2.05, 4.69) is 268 Å². The smallest absolute Gasteiger partial charge is 0.0631 e. The van der Waals surface area contributed by atoms with Gasteiger partial charge in [0.2, 0.25) is 0 Å². The van der Waals surface area contributed by atoms with E-state index in [0.29, 0.717) is 0 Å². The Morgan fingerprint density at radius 3 is 1.25 bits per heavy atom. The topological polar surface area (TPSA) is 16.3 Å². The molecule has 12 rings (SSSR count). The van der Waals surface area contributed by atoms with E-state index in [0.717, 1.165) is 78.4 Å². The summed E-state index contributed by atoms with van der Waals surface area (Å²) < 4.78 is 4.68. The molecule has 0 radical (unpaired) electrons. The molecule has 0 saturated heterocycles. The van der Waals surface area contributed by atoms with Crippen LogP contribution in [0.25, 0.3) is 66.1 Å². The molecule has 0 bridgehead atoms. The van der Waals surface area contributed by atoms with Crippen molar-refractivity contribution < 1.29 is 0 Å². The summed E-state index contributed by atoms with van der Waals surface area (Å²) in [6, 6.07) is 93.3. The van der Waals surface area contributed by atoms with Gasteiger partial charge in [-0.15, -0.1) is 0 Å². The zero-order valence-electron chi connectivity index (χ0n) is 34.9. The number of nitrogens with zero attached hydrogens (tertiary/aromatic N) is 4. The van der Waals surface area contributed by atoms with E-state index in [4.69, 9.17) is 0 Å². The van der Waals surface area contributed by atoms with Gasteiger partial charge in [-0.1, -0.05) is 127 Å². The first-order chi connectivity index (χ1) is 31.8. The van der Waals surface area contributed by atoms with Crippen LogP contribution in [-0.4, -0.2) is 9.13 Å². The predicted molar refractivity (Wildman–Crippen MR) is 268 cm³/mol. The van der Waals surface area contributed by atoms with E-state index in [1.165, 1.54) is 21.8 Å². The Labute approximate surface area is 372 Å². The van der Waals surface area contributed by atoms with E-state index in [1.807, 2.05) is 6.07 Å². The SMILES string of the molecule is c1ccc2c(c#1)c1cc(N(c3ccccc3)c3ccc(-c4ccc(N(c5ccccc5)c5ccc6c(c5)c5ccccc5n6-c5ccccc5)cc4)cc3)ccc1n2-c1ccccc1. The summed E-state index contributed by atoms with van der Waals surface area (Å²) in [4.78, 5) is 4.68. The van der Waals surface area contributed by atoms with Crippen LogP contribution in [0.4, 0.5) is 34.1 Å². The molecule has 4 nitrogen and oxygen atoms in total. The number of anilines is 6. The summed E-state index contributed by atoms with van der Waals surface area (Å²) in [5, 5.41) is 4.63. The van der Waals surface area contributed by atoms with E-state index in [-0.39, 0.29) is 0 Å². The number of hydrogen-bond acceptors (Lipinski definition) is 2. The fourth-order valence-electron chi connectivity index (χ4n) is 9.43. The Morgan fingerprint density at radius 1 is 0.297 bits per heavy atom. The lowest BCUT2D eigenvalue weighted by Gasteiger charge is -2.26. The average molecular weight is 817 g/mol. The van der Waals surface area contributed by atoms with Crippen LogP contribution < -0.4 is 9.80 Å². The Morgan fingerprint density at radius 2 is 0.703 bits per heavy atom. The maximum absolute atomic E-state index is 3.44. The van der Waals surface area contributed by atoms with Crippen LogP contribution in [-0.2, 0) is 0 Å². The van der Waals surface area contributed by atoms with Gasteiger partial charge in [-0.25, -0.2) is 0 Å². The van der Waals surface area contributed by atoms with Crippen LogP contribution in [0.3, 0.4) is 0 Å². The molecule has 12 aromatic rings. The molecule has 0 aliphatic rings. The van der Waals surface area contributed by atoms with Gasteiger partial charge in [0.05, 0.1) is 27.5 Å².